The van der Waals surface area contributed by atoms with Crippen molar-refractivity contribution in [3.8, 4) is 17.6 Å². The molecule has 2 atom stereocenters. The molecule has 0 saturated carbocycles. The average molecular weight is 438 g/mol. The van der Waals surface area contributed by atoms with Crippen molar-refractivity contribution in [3.63, 3.8) is 0 Å². The number of rotatable bonds is 8. The number of carbonyl (C=O) groups is 1. The van der Waals surface area contributed by atoms with Crippen LogP contribution in [-0.2, 0) is 4.79 Å². The van der Waals surface area contributed by atoms with Crippen LogP contribution in [0.15, 0.2) is 78.9 Å². The van der Waals surface area contributed by atoms with Crippen LogP contribution in [0.3, 0.4) is 0 Å². The van der Waals surface area contributed by atoms with E-state index in [2.05, 4.69) is 6.07 Å². The lowest BCUT2D eigenvalue weighted by atomic mass is 9.96. The van der Waals surface area contributed by atoms with Gasteiger partial charge >= 0.3 is 0 Å². The second-order valence-corrected chi connectivity index (χ2v) is 7.97. The summed E-state index contributed by atoms with van der Waals surface area (Å²) >= 11 is 0.912. The normalized spacial score (nSPS) is 12.7. The van der Waals surface area contributed by atoms with Gasteiger partial charge in [0.25, 0.3) is 6.43 Å². The average Bonchev–Trinajstić information content (AvgIpc) is 2.79. The minimum absolute atomic E-state index is 0.114. The third-order valence-electron chi connectivity index (χ3n) is 4.75. The maximum atomic E-state index is 13.1. The fraction of sp³-hybridized carbons (Fsp3) is 0.200. The lowest BCUT2D eigenvalue weighted by Gasteiger charge is -2.17. The largest absolute Gasteiger partial charge is 0.457 e. The highest BCUT2D eigenvalue weighted by Crippen LogP contribution is 2.37. The zero-order chi connectivity index (χ0) is 22.2. The van der Waals surface area contributed by atoms with E-state index in [0.29, 0.717) is 29.0 Å². The summed E-state index contributed by atoms with van der Waals surface area (Å²) in [7, 11) is 0. The van der Waals surface area contributed by atoms with Crippen molar-refractivity contribution in [1.29, 1.82) is 5.26 Å². The third kappa shape index (κ3) is 5.93. The van der Waals surface area contributed by atoms with Crippen molar-refractivity contribution in [2.24, 2.45) is 0 Å². The molecule has 3 nitrogen and oxygen atoms in total. The van der Waals surface area contributed by atoms with Crippen molar-refractivity contribution in [1.82, 2.24) is 0 Å². The van der Waals surface area contributed by atoms with Gasteiger partial charge in [-0.15, -0.1) is 0 Å². The van der Waals surface area contributed by atoms with Crippen LogP contribution in [0.2, 0.25) is 0 Å². The zero-order valence-corrected chi connectivity index (χ0v) is 17.7. The zero-order valence-electron chi connectivity index (χ0n) is 16.9. The number of halogens is 2. The summed E-state index contributed by atoms with van der Waals surface area (Å²) in [5.41, 5.74) is 1.07. The Kier molecular flexibility index (Phi) is 7.80. The fourth-order valence-electron chi connectivity index (χ4n) is 3.18. The molecule has 0 heterocycles. The van der Waals surface area contributed by atoms with Crippen LogP contribution >= 0.6 is 11.8 Å². The lowest BCUT2D eigenvalue weighted by molar-refractivity contribution is -0.112. The molecule has 0 amide bonds. The number of nitrogens with zero attached hydrogens (tertiary/aromatic N) is 1. The van der Waals surface area contributed by atoms with E-state index in [1.54, 1.807) is 30.3 Å². The number of hydrogen-bond acceptors (Lipinski definition) is 4. The van der Waals surface area contributed by atoms with Crippen LogP contribution in [0, 0.1) is 11.3 Å². The lowest BCUT2D eigenvalue weighted by Crippen LogP contribution is -2.10. The van der Waals surface area contributed by atoms with Gasteiger partial charge in [0.15, 0.2) is 5.12 Å². The number of carbonyl (C=O) groups excluding carboxylic acids is 1. The Bertz CT molecular complexity index is 1070. The number of para-hydroxylation sites is 1. The van der Waals surface area contributed by atoms with E-state index < -0.39 is 17.6 Å². The summed E-state index contributed by atoms with van der Waals surface area (Å²) in [6, 6.07) is 24.4. The quantitative estimate of drug-likeness (QED) is 0.368. The smallest absolute Gasteiger partial charge is 0.263 e. The molecule has 3 aromatic rings. The highest BCUT2D eigenvalue weighted by molar-refractivity contribution is 8.14. The van der Waals surface area contributed by atoms with Gasteiger partial charge in [0.05, 0.1) is 12.0 Å². The Morgan fingerprint density at radius 3 is 2.26 bits per heavy atom. The number of thioether (sulfide) groups is 1. The first-order valence-electron chi connectivity index (χ1n) is 9.82. The first-order chi connectivity index (χ1) is 15.0. The number of benzene rings is 3. The number of hydrogen-bond donors (Lipinski definition) is 0. The van der Waals surface area contributed by atoms with E-state index >= 15 is 0 Å². The van der Waals surface area contributed by atoms with Gasteiger partial charge in [0.2, 0.25) is 0 Å². The molecule has 2 unspecified atom stereocenters. The maximum Gasteiger partial charge on any atom is 0.263 e. The molecule has 0 aliphatic rings. The van der Waals surface area contributed by atoms with Crippen molar-refractivity contribution in [3.05, 3.63) is 95.6 Å². The number of nitriles is 1. The second kappa shape index (κ2) is 10.7. The molecule has 31 heavy (non-hydrogen) atoms. The van der Waals surface area contributed by atoms with Gasteiger partial charge in [0.1, 0.15) is 16.7 Å². The Labute approximate surface area is 184 Å². The Hall–Kier alpha value is -3.17. The van der Waals surface area contributed by atoms with E-state index in [9.17, 15) is 18.8 Å². The van der Waals surface area contributed by atoms with Crippen LogP contribution in [0.1, 0.15) is 47.6 Å². The molecule has 3 aromatic carbocycles. The fourth-order valence-corrected chi connectivity index (χ4v) is 4.22. The van der Waals surface area contributed by atoms with E-state index in [1.807, 2.05) is 37.3 Å². The molecule has 0 N–H and O–H groups in total. The molecule has 0 aromatic heterocycles. The summed E-state index contributed by atoms with van der Waals surface area (Å²) in [5, 5.41) is 8.72. The van der Waals surface area contributed by atoms with Crippen molar-refractivity contribution in [2.45, 2.75) is 30.9 Å². The Balaban J connectivity index is 1.77. The molecule has 0 aliphatic heterocycles. The second-order valence-electron chi connectivity index (χ2n) is 6.87. The van der Waals surface area contributed by atoms with E-state index in [-0.39, 0.29) is 10.7 Å². The molecule has 3 rings (SSSR count). The number of alkyl halides is 2. The molecule has 0 saturated heterocycles. The minimum atomic E-state index is -2.60. The molecule has 0 fully saturated rings. The SMILES string of the molecule is CCC(C(=O)SC(C#N)c1cccc(Oc2ccccc2)c1)c1cccc(C(F)F)c1. The van der Waals surface area contributed by atoms with Gasteiger partial charge in [-0.1, -0.05) is 67.2 Å². The van der Waals surface area contributed by atoms with Crippen LogP contribution in [-0.4, -0.2) is 5.12 Å². The molecule has 0 radical (unpaired) electrons. The van der Waals surface area contributed by atoms with Gasteiger partial charge < -0.3 is 4.74 Å². The molecule has 0 bridgehead atoms. The van der Waals surface area contributed by atoms with Crippen molar-refractivity contribution >= 4 is 16.9 Å². The minimum Gasteiger partial charge on any atom is -0.457 e. The molecule has 158 valence electrons. The van der Waals surface area contributed by atoms with Crippen LogP contribution in [0.5, 0.6) is 11.5 Å². The standard InChI is InChI=1S/C25H21F2NO2S/c1-2-22(17-8-6-10-19(14-17)24(26)27)25(29)31-23(16-28)18-9-7-13-21(15-18)30-20-11-4-3-5-12-20/h3-15,22-24H,2H2,1H3. The van der Waals surface area contributed by atoms with Gasteiger partial charge in [-0.25, -0.2) is 8.78 Å². The predicted molar refractivity (Wildman–Crippen MR) is 118 cm³/mol. The summed E-state index contributed by atoms with van der Waals surface area (Å²) in [4.78, 5) is 13.0. The highest BCUT2D eigenvalue weighted by Gasteiger charge is 2.25. The molecular weight excluding hydrogens is 416 g/mol. The Morgan fingerprint density at radius 1 is 0.935 bits per heavy atom. The Morgan fingerprint density at radius 2 is 1.58 bits per heavy atom. The topological polar surface area (TPSA) is 50.1 Å². The first-order valence-corrected chi connectivity index (χ1v) is 10.7. The third-order valence-corrected chi connectivity index (χ3v) is 5.88. The predicted octanol–water partition coefficient (Wildman–Crippen LogP) is 7.43. The van der Waals surface area contributed by atoms with Gasteiger partial charge in [-0.3, -0.25) is 4.79 Å². The van der Waals surface area contributed by atoms with E-state index in [4.69, 9.17) is 4.74 Å². The molecule has 6 heteroatoms. The van der Waals surface area contributed by atoms with Gasteiger partial charge in [-0.05, 0) is 47.9 Å². The van der Waals surface area contributed by atoms with Gasteiger partial charge in [0, 0.05) is 5.56 Å². The van der Waals surface area contributed by atoms with E-state index in [0.717, 1.165) is 11.8 Å². The first kappa shape index (κ1) is 22.5. The highest BCUT2D eigenvalue weighted by atomic mass is 32.2. The summed E-state index contributed by atoms with van der Waals surface area (Å²) in [6.45, 7) is 1.83. The molecule has 0 spiro atoms. The molecule has 0 aliphatic carbocycles. The van der Waals surface area contributed by atoms with Gasteiger partial charge in [-0.2, -0.15) is 5.26 Å². The van der Waals surface area contributed by atoms with Crippen LogP contribution in [0.4, 0.5) is 8.78 Å². The van der Waals surface area contributed by atoms with Crippen LogP contribution in [0.25, 0.3) is 0 Å². The van der Waals surface area contributed by atoms with Crippen molar-refractivity contribution < 1.29 is 18.3 Å². The molecular formula is C25H21F2NO2S. The van der Waals surface area contributed by atoms with Crippen molar-refractivity contribution in [2.75, 3.05) is 0 Å². The summed E-state index contributed by atoms with van der Waals surface area (Å²) in [6.07, 6.45) is -2.15. The maximum absolute atomic E-state index is 13.1. The summed E-state index contributed by atoms with van der Waals surface area (Å²) < 4.78 is 31.9. The van der Waals surface area contributed by atoms with Crippen LogP contribution < -0.4 is 4.74 Å². The number of ether oxygens (including phenoxy) is 1. The monoisotopic (exact) mass is 437 g/mol. The summed E-state index contributed by atoms with van der Waals surface area (Å²) in [5.74, 6) is 0.666. The van der Waals surface area contributed by atoms with E-state index in [1.165, 1.54) is 18.2 Å².